The third-order valence-electron chi connectivity index (χ3n) is 2.15. The molecule has 0 atom stereocenters. The summed E-state index contributed by atoms with van der Waals surface area (Å²) >= 11 is 0. The quantitative estimate of drug-likeness (QED) is 0.603. The highest BCUT2D eigenvalue weighted by atomic mass is 16.6. The molecule has 0 saturated heterocycles. The Morgan fingerprint density at radius 3 is 2.56 bits per heavy atom. The summed E-state index contributed by atoms with van der Waals surface area (Å²) in [5, 5.41) is 14.1. The van der Waals surface area contributed by atoms with E-state index in [0.29, 0.717) is 11.5 Å². The molecule has 0 fully saturated rings. The highest BCUT2D eigenvalue weighted by molar-refractivity contribution is 5.40. The topological polar surface area (TPSA) is 92.3 Å². The average Bonchev–Trinajstić information content (AvgIpc) is 2.72. The number of hydrogen-bond donors (Lipinski definition) is 0. The third kappa shape index (κ3) is 2.21. The van der Waals surface area contributed by atoms with Crippen molar-refractivity contribution in [3.63, 3.8) is 0 Å². The molecule has 0 bridgehead atoms. The van der Waals surface area contributed by atoms with Gasteiger partial charge in [-0.15, -0.1) is 4.68 Å². The Morgan fingerprint density at radius 2 is 2.00 bits per heavy atom. The summed E-state index contributed by atoms with van der Waals surface area (Å²) in [4.78, 5) is 13.5. The van der Waals surface area contributed by atoms with Gasteiger partial charge in [-0.2, -0.15) is 0 Å². The Bertz CT molecular complexity index is 581. The number of para-hydroxylation sites is 2. The summed E-state index contributed by atoms with van der Waals surface area (Å²) < 4.78 is 11.7. The van der Waals surface area contributed by atoms with Crippen molar-refractivity contribution in [3.05, 3.63) is 34.4 Å². The Labute approximate surface area is 102 Å². The highest BCUT2D eigenvalue weighted by Crippen LogP contribution is 2.30. The van der Waals surface area contributed by atoms with Gasteiger partial charge in [0.25, 0.3) is 0 Å². The number of methoxy groups -OCH3 is 1. The molecule has 0 saturated carbocycles. The van der Waals surface area contributed by atoms with E-state index >= 15 is 0 Å². The predicted octanol–water partition coefficient (Wildman–Crippen LogP) is 1.52. The number of aromatic nitrogens is 3. The zero-order chi connectivity index (χ0) is 13.1. The van der Waals surface area contributed by atoms with E-state index in [1.165, 1.54) is 18.8 Å². The van der Waals surface area contributed by atoms with Crippen LogP contribution in [0.3, 0.4) is 0 Å². The maximum absolute atomic E-state index is 10.5. The van der Waals surface area contributed by atoms with E-state index in [2.05, 4.69) is 10.1 Å². The van der Waals surface area contributed by atoms with Crippen molar-refractivity contribution in [2.75, 3.05) is 7.11 Å². The van der Waals surface area contributed by atoms with Gasteiger partial charge in [-0.05, 0) is 22.0 Å². The summed E-state index contributed by atoms with van der Waals surface area (Å²) in [7, 11) is 3.01. The molecule has 18 heavy (non-hydrogen) atoms. The lowest BCUT2D eigenvalue weighted by Gasteiger charge is -2.06. The fourth-order valence-electron chi connectivity index (χ4n) is 1.32. The van der Waals surface area contributed by atoms with E-state index in [0.717, 1.165) is 0 Å². The molecule has 2 rings (SSSR count). The van der Waals surface area contributed by atoms with Crippen molar-refractivity contribution in [2.24, 2.45) is 7.05 Å². The molecule has 8 nitrogen and oxygen atoms in total. The molecule has 0 aliphatic rings. The Morgan fingerprint density at radius 1 is 1.33 bits per heavy atom. The summed E-state index contributed by atoms with van der Waals surface area (Å²) in [5.41, 5.74) is 0. The van der Waals surface area contributed by atoms with Gasteiger partial charge in [-0.1, -0.05) is 12.1 Å². The van der Waals surface area contributed by atoms with Gasteiger partial charge in [-0.25, -0.2) is 0 Å². The second kappa shape index (κ2) is 4.70. The van der Waals surface area contributed by atoms with Crippen LogP contribution in [0.2, 0.25) is 0 Å². The first-order chi connectivity index (χ1) is 8.61. The molecule has 8 heteroatoms. The van der Waals surface area contributed by atoms with Crippen LogP contribution in [0.15, 0.2) is 24.3 Å². The van der Waals surface area contributed by atoms with Crippen molar-refractivity contribution in [1.29, 1.82) is 0 Å². The van der Waals surface area contributed by atoms with Crippen molar-refractivity contribution >= 4 is 5.95 Å². The van der Waals surface area contributed by atoms with Crippen molar-refractivity contribution < 1.29 is 14.4 Å². The molecule has 0 N–H and O–H groups in total. The summed E-state index contributed by atoms with van der Waals surface area (Å²) in [6.07, 6.45) is 0. The molecule has 1 heterocycles. The van der Waals surface area contributed by atoms with Gasteiger partial charge < -0.3 is 19.6 Å². The average molecular weight is 250 g/mol. The molecular formula is C10H10N4O4. The number of aryl methyl sites for hydroxylation is 1. The maximum atomic E-state index is 10.5. The van der Waals surface area contributed by atoms with Gasteiger partial charge in [0.05, 0.1) is 14.2 Å². The summed E-state index contributed by atoms with van der Waals surface area (Å²) in [6.45, 7) is 0. The Balaban J connectivity index is 2.31. The van der Waals surface area contributed by atoms with Crippen LogP contribution in [0.4, 0.5) is 5.95 Å². The smallest absolute Gasteiger partial charge is 0.493 e. The molecule has 1 aromatic heterocycles. The predicted molar refractivity (Wildman–Crippen MR) is 60.7 cm³/mol. The number of benzene rings is 1. The molecule has 2 aromatic rings. The van der Waals surface area contributed by atoms with E-state index in [4.69, 9.17) is 9.47 Å². The van der Waals surface area contributed by atoms with Crippen molar-refractivity contribution in [1.82, 2.24) is 14.8 Å². The molecule has 1 aromatic carbocycles. The molecule has 94 valence electrons. The van der Waals surface area contributed by atoms with Crippen LogP contribution in [0.25, 0.3) is 0 Å². The van der Waals surface area contributed by atoms with Gasteiger partial charge in [0.1, 0.15) is 0 Å². The molecular weight excluding hydrogens is 240 g/mol. The number of nitro groups is 1. The zero-order valence-electron chi connectivity index (χ0n) is 9.73. The Hall–Kier alpha value is -2.64. The lowest BCUT2D eigenvalue weighted by Crippen LogP contribution is -1.97. The van der Waals surface area contributed by atoms with Gasteiger partial charge >= 0.3 is 12.0 Å². The second-order valence-electron chi connectivity index (χ2n) is 3.33. The first-order valence-corrected chi connectivity index (χ1v) is 4.98. The molecule has 0 aliphatic carbocycles. The number of nitrogens with zero attached hydrogens (tertiary/aromatic N) is 4. The van der Waals surface area contributed by atoms with Crippen molar-refractivity contribution in [2.45, 2.75) is 0 Å². The summed E-state index contributed by atoms with van der Waals surface area (Å²) in [5.74, 6) is 0.399. The molecule has 0 unspecified atom stereocenters. The van der Waals surface area contributed by atoms with E-state index < -0.39 is 10.9 Å². The Kier molecular flexibility index (Phi) is 3.09. The van der Waals surface area contributed by atoms with Gasteiger partial charge in [-0.3, -0.25) is 0 Å². The SMILES string of the molecule is COc1ccccc1Oc1nc([N+](=O)[O-])nn1C. The van der Waals surface area contributed by atoms with Gasteiger partial charge in [0.2, 0.25) is 0 Å². The van der Waals surface area contributed by atoms with Gasteiger partial charge in [0.15, 0.2) is 11.5 Å². The first-order valence-electron chi connectivity index (χ1n) is 4.98. The number of ether oxygens (including phenoxy) is 2. The minimum atomic E-state index is -0.685. The van der Waals surface area contributed by atoms with E-state index in [1.54, 1.807) is 24.3 Å². The fourth-order valence-corrected chi connectivity index (χ4v) is 1.32. The standard InChI is InChI=1S/C10H10N4O4/c1-13-10(11-9(12-13)14(15)16)18-8-6-4-3-5-7(8)17-2/h3-6H,1-2H3. The zero-order valence-corrected chi connectivity index (χ0v) is 9.73. The molecule has 0 amide bonds. The minimum Gasteiger partial charge on any atom is -0.493 e. The highest BCUT2D eigenvalue weighted by Gasteiger charge is 2.21. The second-order valence-corrected chi connectivity index (χ2v) is 3.33. The van der Waals surface area contributed by atoms with Crippen LogP contribution in [0.1, 0.15) is 0 Å². The molecule has 0 radical (unpaired) electrons. The fraction of sp³-hybridized carbons (Fsp3) is 0.200. The number of rotatable bonds is 4. The normalized spacial score (nSPS) is 10.1. The monoisotopic (exact) mass is 250 g/mol. The first kappa shape index (κ1) is 11.8. The van der Waals surface area contributed by atoms with Crippen LogP contribution in [-0.4, -0.2) is 26.8 Å². The number of hydrogen-bond acceptors (Lipinski definition) is 6. The molecule has 0 aliphatic heterocycles. The minimum absolute atomic E-state index is 0.0196. The summed E-state index contributed by atoms with van der Waals surface area (Å²) in [6, 6.07) is 6.93. The van der Waals surface area contributed by atoms with Crippen LogP contribution < -0.4 is 9.47 Å². The van der Waals surface area contributed by atoms with Crippen LogP contribution >= 0.6 is 0 Å². The molecule has 0 spiro atoms. The maximum Gasteiger partial charge on any atom is 0.494 e. The van der Waals surface area contributed by atoms with Crippen molar-refractivity contribution in [3.8, 4) is 17.5 Å². The lowest BCUT2D eigenvalue weighted by atomic mass is 10.3. The van der Waals surface area contributed by atoms with Crippen LogP contribution in [-0.2, 0) is 7.05 Å². The largest absolute Gasteiger partial charge is 0.494 e. The third-order valence-corrected chi connectivity index (χ3v) is 2.15. The van der Waals surface area contributed by atoms with E-state index in [1.807, 2.05) is 0 Å². The van der Waals surface area contributed by atoms with Gasteiger partial charge in [0, 0.05) is 5.10 Å². The lowest BCUT2D eigenvalue weighted by molar-refractivity contribution is -0.394. The van der Waals surface area contributed by atoms with Crippen LogP contribution in [0.5, 0.6) is 17.5 Å². The van der Waals surface area contributed by atoms with E-state index in [9.17, 15) is 10.1 Å². The van der Waals surface area contributed by atoms with Crippen LogP contribution in [0, 0.1) is 10.1 Å². The van der Waals surface area contributed by atoms with E-state index in [-0.39, 0.29) is 6.01 Å².